The van der Waals surface area contributed by atoms with Crippen LogP contribution in [0.4, 0.5) is 0 Å². The third-order valence-corrected chi connectivity index (χ3v) is 4.72. The number of halogens is 1. The maximum atomic E-state index is 12.9. The molecule has 1 heterocycles. The second-order valence-electron chi connectivity index (χ2n) is 5.66. The average molecular weight is 380 g/mol. The lowest BCUT2D eigenvalue weighted by Gasteiger charge is -2.31. The SMILES string of the molecule is CCCN(C(=O)C1=NN(C)C(=O)CC1)[C@H](C)c1ccccc1Br. The third kappa shape index (κ3) is 3.99. The zero-order valence-corrected chi connectivity index (χ0v) is 15.3. The van der Waals surface area contributed by atoms with Gasteiger partial charge in [0.15, 0.2) is 0 Å². The lowest BCUT2D eigenvalue weighted by atomic mass is 10.0. The van der Waals surface area contributed by atoms with Crippen LogP contribution in [-0.4, -0.2) is 41.0 Å². The van der Waals surface area contributed by atoms with Crippen molar-refractivity contribution in [1.29, 1.82) is 0 Å². The second kappa shape index (κ2) is 7.73. The first-order chi connectivity index (χ1) is 11.0. The normalized spacial score (nSPS) is 16.1. The molecule has 5 nitrogen and oxygen atoms in total. The maximum absolute atomic E-state index is 12.9. The van der Waals surface area contributed by atoms with Crippen molar-refractivity contribution < 1.29 is 9.59 Å². The van der Waals surface area contributed by atoms with Crippen molar-refractivity contribution in [1.82, 2.24) is 9.91 Å². The molecule has 2 amide bonds. The van der Waals surface area contributed by atoms with E-state index in [1.54, 1.807) is 7.05 Å². The molecule has 0 aromatic heterocycles. The Kier molecular flexibility index (Phi) is 5.93. The minimum Gasteiger partial charge on any atom is -0.331 e. The fourth-order valence-electron chi connectivity index (χ4n) is 2.68. The zero-order chi connectivity index (χ0) is 17.0. The van der Waals surface area contributed by atoms with E-state index in [-0.39, 0.29) is 17.9 Å². The molecule has 1 aliphatic heterocycles. The molecule has 1 atom stereocenters. The summed E-state index contributed by atoms with van der Waals surface area (Å²) < 4.78 is 0.985. The van der Waals surface area contributed by atoms with Crippen molar-refractivity contribution >= 4 is 33.5 Å². The topological polar surface area (TPSA) is 53.0 Å². The first kappa shape index (κ1) is 17.7. The van der Waals surface area contributed by atoms with Gasteiger partial charge in [0.05, 0.1) is 6.04 Å². The van der Waals surface area contributed by atoms with E-state index in [9.17, 15) is 9.59 Å². The van der Waals surface area contributed by atoms with Crippen LogP contribution in [0.2, 0.25) is 0 Å². The van der Waals surface area contributed by atoms with Gasteiger partial charge >= 0.3 is 0 Å². The molecule has 0 saturated carbocycles. The molecule has 0 spiro atoms. The highest BCUT2D eigenvalue weighted by molar-refractivity contribution is 9.10. The standard InChI is InChI=1S/C17H22BrN3O2/c1-4-11-21(12(2)13-7-5-6-8-14(13)18)17(23)15-9-10-16(22)20(3)19-15/h5-8,12H,4,9-11H2,1-3H3/t12-/m1/s1. The smallest absolute Gasteiger partial charge is 0.270 e. The average Bonchev–Trinajstić information content (AvgIpc) is 2.54. The van der Waals surface area contributed by atoms with Crippen molar-refractivity contribution in [3.63, 3.8) is 0 Å². The monoisotopic (exact) mass is 379 g/mol. The molecule has 0 N–H and O–H groups in total. The van der Waals surface area contributed by atoms with Gasteiger partial charge in [-0.25, -0.2) is 5.01 Å². The van der Waals surface area contributed by atoms with Gasteiger partial charge in [0.25, 0.3) is 5.91 Å². The van der Waals surface area contributed by atoms with Gasteiger partial charge in [0.1, 0.15) is 5.71 Å². The van der Waals surface area contributed by atoms with E-state index in [0.29, 0.717) is 25.1 Å². The summed E-state index contributed by atoms with van der Waals surface area (Å²) in [4.78, 5) is 26.3. The zero-order valence-electron chi connectivity index (χ0n) is 13.8. The van der Waals surface area contributed by atoms with Crippen LogP contribution in [0, 0.1) is 0 Å². The minimum atomic E-state index is -0.0885. The van der Waals surface area contributed by atoms with Crippen LogP contribution >= 0.6 is 15.9 Å². The van der Waals surface area contributed by atoms with Crippen LogP contribution in [0.3, 0.4) is 0 Å². The maximum Gasteiger partial charge on any atom is 0.270 e. The summed E-state index contributed by atoms with van der Waals surface area (Å²) in [6.45, 7) is 4.72. The number of hydrogen-bond donors (Lipinski definition) is 0. The Hall–Kier alpha value is -1.69. The number of carbonyl (C=O) groups is 2. The highest BCUT2D eigenvalue weighted by atomic mass is 79.9. The Labute approximate surface area is 145 Å². The Bertz CT molecular complexity index is 630. The number of nitrogens with zero attached hydrogens (tertiary/aromatic N) is 3. The van der Waals surface area contributed by atoms with E-state index in [4.69, 9.17) is 0 Å². The quantitative estimate of drug-likeness (QED) is 0.787. The van der Waals surface area contributed by atoms with Crippen molar-refractivity contribution in [2.24, 2.45) is 5.10 Å². The van der Waals surface area contributed by atoms with E-state index in [1.165, 1.54) is 5.01 Å². The number of amides is 2. The van der Waals surface area contributed by atoms with Crippen molar-refractivity contribution in [2.45, 2.75) is 39.2 Å². The number of benzene rings is 1. The summed E-state index contributed by atoms with van der Waals surface area (Å²) in [5.74, 6) is -0.142. The molecule has 1 aliphatic rings. The molecule has 0 unspecified atom stereocenters. The lowest BCUT2D eigenvalue weighted by Crippen LogP contribution is -2.42. The highest BCUT2D eigenvalue weighted by Crippen LogP contribution is 2.28. The molecule has 0 radical (unpaired) electrons. The predicted molar refractivity (Wildman–Crippen MR) is 94.0 cm³/mol. The van der Waals surface area contributed by atoms with E-state index in [0.717, 1.165) is 16.5 Å². The highest BCUT2D eigenvalue weighted by Gasteiger charge is 2.29. The molecule has 6 heteroatoms. The molecule has 0 bridgehead atoms. The molecule has 124 valence electrons. The second-order valence-corrected chi connectivity index (χ2v) is 6.51. The summed E-state index contributed by atoms with van der Waals surface area (Å²) in [6.07, 6.45) is 1.61. The van der Waals surface area contributed by atoms with E-state index in [2.05, 4.69) is 21.0 Å². The summed E-state index contributed by atoms with van der Waals surface area (Å²) in [5.41, 5.74) is 1.52. The van der Waals surface area contributed by atoms with Crippen LogP contribution < -0.4 is 0 Å². The van der Waals surface area contributed by atoms with Crippen LogP contribution in [0.25, 0.3) is 0 Å². The van der Waals surface area contributed by atoms with Gasteiger partial charge < -0.3 is 4.90 Å². The summed E-state index contributed by atoms with van der Waals surface area (Å²) >= 11 is 3.56. The fraction of sp³-hybridized carbons (Fsp3) is 0.471. The van der Waals surface area contributed by atoms with Crippen molar-refractivity contribution in [3.05, 3.63) is 34.3 Å². The third-order valence-electron chi connectivity index (χ3n) is 4.00. The summed E-state index contributed by atoms with van der Waals surface area (Å²) in [5, 5.41) is 5.43. The molecular formula is C17H22BrN3O2. The molecule has 0 aliphatic carbocycles. The molecular weight excluding hydrogens is 358 g/mol. The van der Waals surface area contributed by atoms with Gasteiger partial charge in [-0.05, 0) is 25.0 Å². The number of hydrazone groups is 1. The van der Waals surface area contributed by atoms with E-state index < -0.39 is 0 Å². The Balaban J connectivity index is 2.27. The Morgan fingerprint density at radius 2 is 2.09 bits per heavy atom. The van der Waals surface area contributed by atoms with Crippen LogP contribution in [-0.2, 0) is 9.59 Å². The first-order valence-corrected chi connectivity index (χ1v) is 8.64. The molecule has 1 aromatic carbocycles. The van der Waals surface area contributed by atoms with Gasteiger partial charge in [-0.3, -0.25) is 9.59 Å². The van der Waals surface area contributed by atoms with Gasteiger partial charge in [-0.2, -0.15) is 5.10 Å². The van der Waals surface area contributed by atoms with Gasteiger partial charge in [0, 0.05) is 30.9 Å². The molecule has 1 aromatic rings. The van der Waals surface area contributed by atoms with Gasteiger partial charge in [-0.1, -0.05) is 41.1 Å². The van der Waals surface area contributed by atoms with E-state index >= 15 is 0 Å². The summed E-state index contributed by atoms with van der Waals surface area (Å²) in [6, 6.07) is 7.85. The number of hydrogen-bond acceptors (Lipinski definition) is 3. The Morgan fingerprint density at radius 1 is 1.39 bits per heavy atom. The molecule has 0 saturated heterocycles. The molecule has 2 rings (SSSR count). The Morgan fingerprint density at radius 3 is 2.70 bits per heavy atom. The van der Waals surface area contributed by atoms with Crippen LogP contribution in [0.5, 0.6) is 0 Å². The minimum absolute atomic E-state index is 0.0533. The fourth-order valence-corrected chi connectivity index (χ4v) is 3.30. The van der Waals surface area contributed by atoms with Crippen LogP contribution in [0.15, 0.2) is 33.8 Å². The molecule has 23 heavy (non-hydrogen) atoms. The largest absolute Gasteiger partial charge is 0.331 e. The predicted octanol–water partition coefficient (Wildman–Crippen LogP) is 3.36. The number of rotatable bonds is 5. The molecule has 0 fully saturated rings. The van der Waals surface area contributed by atoms with Crippen LogP contribution in [0.1, 0.15) is 44.7 Å². The van der Waals surface area contributed by atoms with Crippen molar-refractivity contribution in [2.75, 3.05) is 13.6 Å². The van der Waals surface area contributed by atoms with E-state index in [1.807, 2.05) is 43.0 Å². The first-order valence-electron chi connectivity index (χ1n) is 7.85. The lowest BCUT2D eigenvalue weighted by molar-refractivity contribution is -0.131. The van der Waals surface area contributed by atoms with Gasteiger partial charge in [0.2, 0.25) is 5.91 Å². The number of carbonyl (C=O) groups excluding carboxylic acids is 2. The van der Waals surface area contributed by atoms with Gasteiger partial charge in [-0.15, -0.1) is 0 Å². The summed E-state index contributed by atoms with van der Waals surface area (Å²) in [7, 11) is 1.59. The van der Waals surface area contributed by atoms with Crippen molar-refractivity contribution in [3.8, 4) is 0 Å².